The zero-order valence-electron chi connectivity index (χ0n) is 8.41. The summed E-state index contributed by atoms with van der Waals surface area (Å²) in [7, 11) is 0. The Morgan fingerprint density at radius 1 is 1.36 bits per heavy atom. The molecule has 14 heavy (non-hydrogen) atoms. The molecule has 0 saturated heterocycles. The summed E-state index contributed by atoms with van der Waals surface area (Å²) in [4.78, 5) is 3.98. The Labute approximate surface area is 84.1 Å². The maximum atomic E-state index is 4.92. The lowest BCUT2D eigenvalue weighted by atomic mass is 9.95. The molecule has 0 unspecified atom stereocenters. The molecule has 1 N–H and O–H groups in total. The monoisotopic (exact) mass is 195 g/mol. The van der Waals surface area contributed by atoms with E-state index in [0.717, 1.165) is 18.9 Å². The summed E-state index contributed by atoms with van der Waals surface area (Å²) in [5, 5.41) is 7.11. The zero-order valence-corrected chi connectivity index (χ0v) is 8.41. The Balaban J connectivity index is 1.62. The van der Waals surface area contributed by atoms with E-state index in [1.165, 1.54) is 38.4 Å². The van der Waals surface area contributed by atoms with Gasteiger partial charge in [-0.05, 0) is 12.8 Å². The van der Waals surface area contributed by atoms with Crippen molar-refractivity contribution in [3.05, 3.63) is 12.2 Å². The van der Waals surface area contributed by atoms with Crippen LogP contribution in [0.4, 0.5) is 0 Å². The molecule has 0 bridgehead atoms. The normalized spacial score (nSPS) is 18.6. The lowest BCUT2D eigenvalue weighted by Gasteiger charge is -2.22. The molecule has 1 aliphatic carbocycles. The van der Waals surface area contributed by atoms with Crippen LogP contribution < -0.4 is 5.32 Å². The van der Waals surface area contributed by atoms with Gasteiger partial charge >= 0.3 is 0 Å². The second kappa shape index (κ2) is 5.10. The summed E-state index contributed by atoms with van der Waals surface area (Å²) in [6.45, 7) is 0.951. The van der Waals surface area contributed by atoms with E-state index in [1.54, 1.807) is 0 Å². The Hall–Kier alpha value is -0.900. The molecule has 4 heteroatoms. The van der Waals surface area contributed by atoms with E-state index in [1.807, 2.05) is 0 Å². The highest BCUT2D eigenvalue weighted by Gasteiger charge is 2.12. The second-order valence-corrected chi connectivity index (χ2v) is 3.87. The van der Waals surface area contributed by atoms with Crippen LogP contribution in [0.2, 0.25) is 0 Å². The van der Waals surface area contributed by atoms with Gasteiger partial charge in [0, 0.05) is 19.0 Å². The molecule has 0 aromatic carbocycles. The molecule has 78 valence electrons. The van der Waals surface area contributed by atoms with Gasteiger partial charge in [0.1, 0.15) is 0 Å². The first-order chi connectivity index (χ1) is 6.95. The number of aromatic nitrogens is 2. The van der Waals surface area contributed by atoms with E-state index in [2.05, 4.69) is 15.5 Å². The van der Waals surface area contributed by atoms with E-state index in [0.29, 0.717) is 6.04 Å². The average molecular weight is 195 g/mol. The van der Waals surface area contributed by atoms with Crippen molar-refractivity contribution in [1.29, 1.82) is 0 Å². The van der Waals surface area contributed by atoms with Gasteiger partial charge in [-0.1, -0.05) is 24.4 Å². The number of hydrogen-bond donors (Lipinski definition) is 1. The van der Waals surface area contributed by atoms with Crippen LogP contribution in [0.15, 0.2) is 10.9 Å². The van der Waals surface area contributed by atoms with E-state index in [9.17, 15) is 0 Å². The summed E-state index contributed by atoms with van der Waals surface area (Å²) in [6, 6.07) is 0.715. The number of nitrogens with one attached hydrogen (secondary N) is 1. The van der Waals surface area contributed by atoms with Crippen LogP contribution in [0.5, 0.6) is 0 Å². The predicted octanol–water partition coefficient (Wildman–Crippen LogP) is 1.53. The topological polar surface area (TPSA) is 51.0 Å². The van der Waals surface area contributed by atoms with Crippen molar-refractivity contribution < 1.29 is 4.52 Å². The van der Waals surface area contributed by atoms with Crippen LogP contribution in [0.1, 0.15) is 38.0 Å². The third kappa shape index (κ3) is 2.80. The van der Waals surface area contributed by atoms with Crippen molar-refractivity contribution in [1.82, 2.24) is 15.5 Å². The van der Waals surface area contributed by atoms with E-state index < -0.39 is 0 Å². The standard InChI is InChI=1S/C10H17N3O/c1-2-4-9(5-3-1)11-7-6-10-12-8-13-14-10/h8-9,11H,1-7H2. The fraction of sp³-hybridized carbons (Fsp3) is 0.800. The largest absolute Gasteiger partial charge is 0.340 e. The summed E-state index contributed by atoms with van der Waals surface area (Å²) >= 11 is 0. The molecule has 1 saturated carbocycles. The Morgan fingerprint density at radius 3 is 2.93 bits per heavy atom. The van der Waals surface area contributed by atoms with Gasteiger partial charge in [-0.2, -0.15) is 4.98 Å². The highest BCUT2D eigenvalue weighted by Crippen LogP contribution is 2.17. The summed E-state index contributed by atoms with van der Waals surface area (Å²) < 4.78 is 4.92. The van der Waals surface area contributed by atoms with Crippen LogP contribution in [-0.2, 0) is 6.42 Å². The molecule has 0 spiro atoms. The first-order valence-electron chi connectivity index (χ1n) is 5.44. The Kier molecular flexibility index (Phi) is 3.51. The first kappa shape index (κ1) is 9.65. The Morgan fingerprint density at radius 2 is 2.21 bits per heavy atom. The fourth-order valence-corrected chi connectivity index (χ4v) is 2.00. The van der Waals surface area contributed by atoms with Gasteiger partial charge in [0.05, 0.1) is 0 Å². The fourth-order valence-electron chi connectivity index (χ4n) is 2.00. The van der Waals surface area contributed by atoms with Crippen molar-refractivity contribution >= 4 is 0 Å². The number of rotatable bonds is 4. The third-order valence-corrected chi connectivity index (χ3v) is 2.78. The number of nitrogens with zero attached hydrogens (tertiary/aromatic N) is 2. The zero-order chi connectivity index (χ0) is 9.64. The van der Waals surface area contributed by atoms with Crippen LogP contribution in [-0.4, -0.2) is 22.7 Å². The quantitative estimate of drug-likeness (QED) is 0.791. The van der Waals surface area contributed by atoms with Gasteiger partial charge < -0.3 is 9.84 Å². The van der Waals surface area contributed by atoms with Gasteiger partial charge in [0.2, 0.25) is 5.89 Å². The molecule has 0 amide bonds. The summed E-state index contributed by atoms with van der Waals surface area (Å²) in [5.41, 5.74) is 0. The smallest absolute Gasteiger partial charge is 0.227 e. The van der Waals surface area contributed by atoms with Crippen LogP contribution in [0, 0.1) is 0 Å². The molecule has 1 heterocycles. The average Bonchev–Trinajstić information content (AvgIpc) is 2.72. The summed E-state index contributed by atoms with van der Waals surface area (Å²) in [6.07, 6.45) is 9.10. The second-order valence-electron chi connectivity index (χ2n) is 3.87. The van der Waals surface area contributed by atoms with Crippen LogP contribution >= 0.6 is 0 Å². The van der Waals surface area contributed by atoms with Crippen molar-refractivity contribution in [2.75, 3.05) is 6.54 Å². The molecule has 0 radical (unpaired) electrons. The molecule has 1 aromatic rings. The lowest BCUT2D eigenvalue weighted by molar-refractivity contribution is 0.350. The predicted molar refractivity (Wildman–Crippen MR) is 52.9 cm³/mol. The molecule has 0 aliphatic heterocycles. The maximum Gasteiger partial charge on any atom is 0.227 e. The molecule has 4 nitrogen and oxygen atoms in total. The van der Waals surface area contributed by atoms with Crippen LogP contribution in [0.3, 0.4) is 0 Å². The van der Waals surface area contributed by atoms with E-state index in [4.69, 9.17) is 4.52 Å². The number of hydrogen-bond acceptors (Lipinski definition) is 4. The SMILES string of the molecule is c1noc(CCNC2CCCCC2)n1. The molecule has 2 rings (SSSR count). The van der Waals surface area contributed by atoms with Crippen LogP contribution in [0.25, 0.3) is 0 Å². The minimum Gasteiger partial charge on any atom is -0.340 e. The lowest BCUT2D eigenvalue weighted by Crippen LogP contribution is -2.32. The molecule has 0 atom stereocenters. The maximum absolute atomic E-state index is 4.92. The first-order valence-corrected chi connectivity index (χ1v) is 5.44. The molecule has 1 aliphatic rings. The molecule has 1 aromatic heterocycles. The molecular formula is C10H17N3O. The van der Waals surface area contributed by atoms with Gasteiger partial charge in [0.25, 0.3) is 0 Å². The summed E-state index contributed by atoms with van der Waals surface area (Å²) in [5.74, 6) is 0.730. The minimum atomic E-state index is 0.715. The van der Waals surface area contributed by atoms with Crippen molar-refractivity contribution in [2.24, 2.45) is 0 Å². The van der Waals surface area contributed by atoms with Gasteiger partial charge in [-0.15, -0.1) is 0 Å². The highest BCUT2D eigenvalue weighted by molar-refractivity contribution is 4.78. The van der Waals surface area contributed by atoms with Gasteiger partial charge in [-0.3, -0.25) is 0 Å². The van der Waals surface area contributed by atoms with Gasteiger partial charge in [-0.25, -0.2) is 0 Å². The third-order valence-electron chi connectivity index (χ3n) is 2.78. The van der Waals surface area contributed by atoms with Crippen molar-refractivity contribution in [2.45, 2.75) is 44.6 Å². The highest BCUT2D eigenvalue weighted by atomic mass is 16.5. The Bertz CT molecular complexity index is 242. The minimum absolute atomic E-state index is 0.715. The molecular weight excluding hydrogens is 178 g/mol. The van der Waals surface area contributed by atoms with Crippen molar-refractivity contribution in [3.63, 3.8) is 0 Å². The van der Waals surface area contributed by atoms with Crippen molar-refractivity contribution in [3.8, 4) is 0 Å². The van der Waals surface area contributed by atoms with E-state index >= 15 is 0 Å². The van der Waals surface area contributed by atoms with E-state index in [-0.39, 0.29) is 0 Å². The van der Waals surface area contributed by atoms with Gasteiger partial charge in [0.15, 0.2) is 6.33 Å². The molecule has 1 fully saturated rings.